The number of hydrogen-bond acceptors (Lipinski definition) is 6. The summed E-state index contributed by atoms with van der Waals surface area (Å²) in [4.78, 5) is 14.4. The Labute approximate surface area is 124 Å². The van der Waals surface area contributed by atoms with Gasteiger partial charge < -0.3 is 17.2 Å². The van der Waals surface area contributed by atoms with Crippen LogP contribution in [0.1, 0.15) is 16.3 Å². The molecule has 0 aliphatic heterocycles. The second-order valence-corrected chi connectivity index (χ2v) is 6.29. The Hall–Kier alpha value is -1.87. The van der Waals surface area contributed by atoms with Crippen molar-refractivity contribution in [2.24, 2.45) is 16.5 Å². The largest absolute Gasteiger partial charge is 0.383 e. The molecule has 0 bridgehead atoms. The highest BCUT2D eigenvalue weighted by molar-refractivity contribution is 8.13. The lowest BCUT2D eigenvalue weighted by atomic mass is 10.2. The Balaban J connectivity index is 2.24. The molecule has 0 radical (unpaired) electrons. The average molecular weight is 309 g/mol. The summed E-state index contributed by atoms with van der Waals surface area (Å²) >= 11 is 2.74. The zero-order chi connectivity index (χ0) is 14.9. The van der Waals surface area contributed by atoms with Crippen LogP contribution in [0.2, 0.25) is 0 Å². The van der Waals surface area contributed by atoms with Gasteiger partial charge in [0, 0.05) is 4.88 Å². The van der Waals surface area contributed by atoms with Crippen LogP contribution in [-0.4, -0.2) is 21.1 Å². The number of fused-ring (bicyclic) bond motifs is 1. The van der Waals surface area contributed by atoms with Crippen molar-refractivity contribution in [2.75, 3.05) is 5.73 Å². The number of nitrogens with one attached hydrogen (secondary N) is 1. The van der Waals surface area contributed by atoms with Crippen LogP contribution < -0.4 is 17.2 Å². The molecule has 0 aromatic carbocycles. The van der Waals surface area contributed by atoms with Crippen LogP contribution in [0.3, 0.4) is 0 Å². The van der Waals surface area contributed by atoms with Crippen molar-refractivity contribution in [1.82, 2.24) is 9.97 Å². The van der Waals surface area contributed by atoms with E-state index in [9.17, 15) is 0 Å². The van der Waals surface area contributed by atoms with Crippen molar-refractivity contribution in [3.8, 4) is 0 Å². The van der Waals surface area contributed by atoms with E-state index in [-0.39, 0.29) is 11.1 Å². The van der Waals surface area contributed by atoms with Crippen LogP contribution in [0.5, 0.6) is 0 Å². The molecule has 0 saturated carbocycles. The molecule has 0 atom stereocenters. The first kappa shape index (κ1) is 14.5. The number of amidine groups is 1. The van der Waals surface area contributed by atoms with E-state index in [1.54, 1.807) is 11.3 Å². The fraction of sp³-hybridized carbons (Fsp3) is 0.273. The summed E-state index contributed by atoms with van der Waals surface area (Å²) in [6.45, 7) is 4.04. The topological polar surface area (TPSA) is 140 Å². The lowest BCUT2D eigenvalue weighted by Crippen LogP contribution is -2.23. The molecule has 0 aliphatic rings. The van der Waals surface area contributed by atoms with E-state index in [1.165, 1.54) is 4.88 Å². The Morgan fingerprint density at radius 3 is 2.70 bits per heavy atom. The highest BCUT2D eigenvalue weighted by Gasteiger charge is 2.13. The van der Waals surface area contributed by atoms with E-state index < -0.39 is 0 Å². The highest BCUT2D eigenvalue weighted by atomic mass is 32.2. The molecular weight excluding hydrogens is 294 g/mol. The minimum Gasteiger partial charge on any atom is -0.383 e. The van der Waals surface area contributed by atoms with Crippen molar-refractivity contribution >= 4 is 50.3 Å². The summed E-state index contributed by atoms with van der Waals surface area (Å²) in [6.07, 6.45) is 0. The smallest absolute Gasteiger partial charge is 0.193 e. The van der Waals surface area contributed by atoms with E-state index in [0.29, 0.717) is 17.4 Å². The van der Waals surface area contributed by atoms with Crippen LogP contribution >= 0.6 is 23.1 Å². The fourth-order valence-electron chi connectivity index (χ4n) is 1.67. The Morgan fingerprint density at radius 1 is 1.35 bits per heavy atom. The molecule has 2 aromatic rings. The first-order valence-electron chi connectivity index (χ1n) is 5.71. The zero-order valence-corrected chi connectivity index (χ0v) is 12.7. The van der Waals surface area contributed by atoms with Gasteiger partial charge in [-0.15, -0.1) is 11.3 Å². The average Bonchev–Trinajstić information content (AvgIpc) is 2.62. The number of aromatic nitrogens is 2. The fourth-order valence-corrected chi connectivity index (χ4v) is 3.29. The molecule has 2 rings (SSSR count). The van der Waals surface area contributed by atoms with Gasteiger partial charge in [0.1, 0.15) is 16.5 Å². The molecule has 0 unspecified atom stereocenters. The van der Waals surface area contributed by atoms with E-state index in [0.717, 1.165) is 27.5 Å². The van der Waals surface area contributed by atoms with Crippen molar-refractivity contribution in [3.05, 3.63) is 16.3 Å². The zero-order valence-electron chi connectivity index (χ0n) is 11.1. The third kappa shape index (κ3) is 2.99. The van der Waals surface area contributed by atoms with Gasteiger partial charge in [0.25, 0.3) is 0 Å². The quantitative estimate of drug-likeness (QED) is 0.487. The molecule has 106 valence electrons. The third-order valence-electron chi connectivity index (χ3n) is 2.67. The number of nitrogens with two attached hydrogens (primary N) is 3. The van der Waals surface area contributed by atoms with E-state index in [2.05, 4.69) is 15.0 Å². The van der Waals surface area contributed by atoms with Crippen LogP contribution in [0.15, 0.2) is 4.99 Å². The first-order chi connectivity index (χ1) is 9.38. The molecule has 0 saturated heterocycles. The highest BCUT2D eigenvalue weighted by Crippen LogP contribution is 2.32. The number of nitrogens with zero attached hydrogens (tertiary/aromatic N) is 3. The summed E-state index contributed by atoms with van der Waals surface area (Å²) in [5, 5.41) is 8.49. The van der Waals surface area contributed by atoms with Crippen molar-refractivity contribution in [3.63, 3.8) is 0 Å². The van der Waals surface area contributed by atoms with E-state index in [1.807, 2.05) is 13.8 Å². The van der Waals surface area contributed by atoms with Gasteiger partial charge in [-0.2, -0.15) is 4.99 Å². The molecule has 0 amide bonds. The summed E-state index contributed by atoms with van der Waals surface area (Å²) in [7, 11) is 0. The van der Waals surface area contributed by atoms with Crippen LogP contribution in [0.25, 0.3) is 10.2 Å². The van der Waals surface area contributed by atoms with Crippen molar-refractivity contribution in [1.29, 1.82) is 5.41 Å². The summed E-state index contributed by atoms with van der Waals surface area (Å²) < 4.78 is 0. The Kier molecular flexibility index (Phi) is 4.09. The van der Waals surface area contributed by atoms with Crippen LogP contribution in [-0.2, 0) is 5.75 Å². The summed E-state index contributed by atoms with van der Waals surface area (Å²) in [6, 6.07) is 0. The number of thioether (sulfide) groups is 1. The number of aliphatic imine (C=N–C) groups is 1. The number of guanidine groups is 1. The predicted molar refractivity (Wildman–Crippen MR) is 86.1 cm³/mol. The standard InChI is InChI=1S/C11H15N7S2/c1-4-5(2)20-9-7(4)8(12)16-6(17-9)3-19-11(15)18-10(13)14/h3H2,1-2H3,(H2,12,16,17)(H5,13,14,15,18). The van der Waals surface area contributed by atoms with Gasteiger partial charge in [-0.3, -0.25) is 5.41 Å². The number of hydrogen-bond donors (Lipinski definition) is 4. The minimum absolute atomic E-state index is 0.0193. The predicted octanol–water partition coefficient (Wildman–Crippen LogP) is 1.33. The maximum atomic E-state index is 7.55. The van der Waals surface area contributed by atoms with Crippen molar-refractivity contribution in [2.45, 2.75) is 19.6 Å². The van der Waals surface area contributed by atoms with E-state index in [4.69, 9.17) is 22.6 Å². The van der Waals surface area contributed by atoms with Gasteiger partial charge >= 0.3 is 0 Å². The number of aryl methyl sites for hydroxylation is 2. The maximum Gasteiger partial charge on any atom is 0.193 e. The third-order valence-corrected chi connectivity index (χ3v) is 4.54. The maximum absolute atomic E-state index is 7.55. The normalized spacial score (nSPS) is 10.7. The van der Waals surface area contributed by atoms with Crippen molar-refractivity contribution < 1.29 is 0 Å². The molecule has 7 N–H and O–H groups in total. The first-order valence-corrected chi connectivity index (χ1v) is 7.51. The SMILES string of the molecule is Cc1sc2nc(CSC(=N)N=C(N)N)nc(N)c2c1C. The molecular formula is C11H15N7S2. The van der Waals surface area contributed by atoms with Crippen LogP contribution in [0.4, 0.5) is 5.82 Å². The molecule has 2 heterocycles. The molecule has 0 aliphatic carbocycles. The second kappa shape index (κ2) is 5.63. The molecule has 2 aromatic heterocycles. The molecule has 7 nitrogen and oxygen atoms in total. The van der Waals surface area contributed by atoms with Gasteiger partial charge in [0.15, 0.2) is 11.1 Å². The number of anilines is 1. The van der Waals surface area contributed by atoms with E-state index >= 15 is 0 Å². The number of rotatable bonds is 2. The summed E-state index contributed by atoms with van der Waals surface area (Å²) in [5.41, 5.74) is 17.5. The monoisotopic (exact) mass is 309 g/mol. The molecule has 20 heavy (non-hydrogen) atoms. The number of thiophene rings is 1. The van der Waals surface area contributed by atoms with Gasteiger partial charge in [-0.25, -0.2) is 9.97 Å². The second-order valence-electron chi connectivity index (χ2n) is 4.12. The molecule has 9 heteroatoms. The Bertz CT molecular complexity index is 700. The van der Waals surface area contributed by atoms with Gasteiger partial charge in [-0.1, -0.05) is 11.8 Å². The van der Waals surface area contributed by atoms with Gasteiger partial charge in [-0.05, 0) is 19.4 Å². The Morgan fingerprint density at radius 2 is 2.05 bits per heavy atom. The van der Waals surface area contributed by atoms with Gasteiger partial charge in [0.05, 0.1) is 11.1 Å². The molecule has 0 fully saturated rings. The lowest BCUT2D eigenvalue weighted by molar-refractivity contribution is 1.08. The molecule has 0 spiro atoms. The van der Waals surface area contributed by atoms with Gasteiger partial charge in [0.2, 0.25) is 0 Å². The number of nitrogen functional groups attached to an aromatic ring is 1. The minimum atomic E-state index is -0.136. The summed E-state index contributed by atoms with van der Waals surface area (Å²) in [5.74, 6) is 1.30. The van der Waals surface area contributed by atoms with Crippen LogP contribution in [0, 0.1) is 19.3 Å². The lowest BCUT2D eigenvalue weighted by Gasteiger charge is -2.02.